The molecule has 5 rings (SSSR count). The second-order valence-electron chi connectivity index (χ2n) is 7.26. The zero-order chi connectivity index (χ0) is 19.6. The normalized spacial score (nSPS) is 27.5. The molecule has 5 nitrogen and oxygen atoms in total. The van der Waals surface area contributed by atoms with Gasteiger partial charge in [-0.25, -0.2) is 19.3 Å². The summed E-state index contributed by atoms with van der Waals surface area (Å²) in [7, 11) is 0. The standard InChI is InChI=1S/C20H16Cl2FN3O2/c21-14-7-6-13(10-15(14)22)26-19(27)16-17(11-2-4-12(23)5-3-11)24-8-1-9-25(24)18(16)20(26)28/h2-7,10,16-18H,1,8-9H2/t16-,17+,18-/m1/s1. The Morgan fingerprint density at radius 2 is 1.54 bits per heavy atom. The van der Waals surface area contributed by atoms with Gasteiger partial charge in [-0.1, -0.05) is 35.3 Å². The summed E-state index contributed by atoms with van der Waals surface area (Å²) in [5.41, 5.74) is 1.25. The van der Waals surface area contributed by atoms with Gasteiger partial charge in [0.05, 0.1) is 27.7 Å². The van der Waals surface area contributed by atoms with Crippen LogP contribution in [0.3, 0.4) is 0 Å². The SMILES string of the molecule is O=C1[C@H]2[C@H](C(=O)N1c1ccc(Cl)c(Cl)c1)N1CCCN1[C@H]2c1ccc(F)cc1. The molecule has 0 spiro atoms. The van der Waals surface area contributed by atoms with Crippen molar-refractivity contribution in [1.82, 2.24) is 10.0 Å². The molecule has 2 aromatic rings. The van der Waals surface area contributed by atoms with Crippen LogP contribution in [0.5, 0.6) is 0 Å². The van der Waals surface area contributed by atoms with Crippen molar-refractivity contribution >= 4 is 40.7 Å². The minimum Gasteiger partial charge on any atom is -0.274 e. The Kier molecular flexibility index (Phi) is 4.21. The predicted molar refractivity (Wildman–Crippen MR) is 103 cm³/mol. The van der Waals surface area contributed by atoms with E-state index in [1.807, 2.05) is 5.01 Å². The molecule has 0 unspecified atom stereocenters. The summed E-state index contributed by atoms with van der Waals surface area (Å²) in [6.45, 7) is 1.48. The fraction of sp³-hybridized carbons (Fsp3) is 0.300. The molecule has 0 aromatic heterocycles. The Morgan fingerprint density at radius 1 is 0.857 bits per heavy atom. The summed E-state index contributed by atoms with van der Waals surface area (Å²) >= 11 is 12.1. The van der Waals surface area contributed by atoms with Crippen LogP contribution < -0.4 is 4.90 Å². The van der Waals surface area contributed by atoms with E-state index in [1.165, 1.54) is 23.1 Å². The first-order valence-corrected chi connectivity index (χ1v) is 9.84. The van der Waals surface area contributed by atoms with Crippen LogP contribution in [0.1, 0.15) is 18.0 Å². The molecule has 0 radical (unpaired) electrons. The Hall–Kier alpha value is -1.99. The van der Waals surface area contributed by atoms with Gasteiger partial charge in [-0.15, -0.1) is 0 Å². The van der Waals surface area contributed by atoms with Gasteiger partial charge in [0.15, 0.2) is 0 Å². The largest absolute Gasteiger partial charge is 0.274 e. The quantitative estimate of drug-likeness (QED) is 0.696. The zero-order valence-electron chi connectivity index (χ0n) is 14.7. The van der Waals surface area contributed by atoms with E-state index in [4.69, 9.17) is 23.2 Å². The van der Waals surface area contributed by atoms with E-state index >= 15 is 0 Å². The minimum absolute atomic E-state index is 0.259. The van der Waals surface area contributed by atoms with Crippen molar-refractivity contribution in [3.8, 4) is 0 Å². The van der Waals surface area contributed by atoms with Crippen LogP contribution in [0.2, 0.25) is 10.0 Å². The first-order chi connectivity index (χ1) is 13.5. The second kappa shape index (κ2) is 6.52. The fourth-order valence-corrected chi connectivity index (χ4v) is 4.94. The molecule has 0 N–H and O–H groups in total. The van der Waals surface area contributed by atoms with Crippen molar-refractivity contribution in [1.29, 1.82) is 0 Å². The van der Waals surface area contributed by atoms with Crippen LogP contribution in [-0.2, 0) is 9.59 Å². The van der Waals surface area contributed by atoms with Gasteiger partial charge in [0, 0.05) is 13.1 Å². The third-order valence-electron chi connectivity index (χ3n) is 5.78. The highest BCUT2D eigenvalue weighted by molar-refractivity contribution is 6.42. The highest BCUT2D eigenvalue weighted by atomic mass is 35.5. The van der Waals surface area contributed by atoms with Gasteiger partial charge in [0.2, 0.25) is 5.91 Å². The molecular weight excluding hydrogens is 404 g/mol. The molecule has 2 aromatic carbocycles. The van der Waals surface area contributed by atoms with Gasteiger partial charge in [-0.2, -0.15) is 0 Å². The van der Waals surface area contributed by atoms with Crippen molar-refractivity contribution in [2.45, 2.75) is 18.5 Å². The van der Waals surface area contributed by atoms with E-state index in [-0.39, 0.29) is 28.7 Å². The molecule has 3 atom stereocenters. The number of carbonyl (C=O) groups excluding carboxylic acids is 2. The third kappa shape index (κ3) is 2.52. The number of hydrogen-bond donors (Lipinski definition) is 0. The average Bonchev–Trinajstić information content (AvgIpc) is 3.31. The van der Waals surface area contributed by atoms with Crippen LogP contribution in [0, 0.1) is 11.7 Å². The number of fused-ring (bicyclic) bond motifs is 3. The minimum atomic E-state index is -0.556. The van der Waals surface area contributed by atoms with E-state index < -0.39 is 12.0 Å². The molecule has 8 heteroatoms. The molecule has 0 saturated carbocycles. The van der Waals surface area contributed by atoms with Crippen molar-refractivity contribution in [3.63, 3.8) is 0 Å². The van der Waals surface area contributed by atoms with E-state index in [0.717, 1.165) is 18.5 Å². The van der Waals surface area contributed by atoms with Crippen LogP contribution in [0.15, 0.2) is 42.5 Å². The van der Waals surface area contributed by atoms with Crippen molar-refractivity contribution in [2.24, 2.45) is 5.92 Å². The number of benzene rings is 2. The monoisotopic (exact) mass is 419 g/mol. The molecule has 3 aliphatic heterocycles. The van der Waals surface area contributed by atoms with Gasteiger partial charge >= 0.3 is 0 Å². The number of hydrogen-bond acceptors (Lipinski definition) is 4. The molecule has 3 aliphatic rings. The lowest BCUT2D eigenvalue weighted by atomic mass is 9.90. The number of amides is 2. The first kappa shape index (κ1) is 18.1. The third-order valence-corrected chi connectivity index (χ3v) is 6.52. The molecule has 3 fully saturated rings. The van der Waals surface area contributed by atoms with Gasteiger partial charge in [-0.05, 0) is 42.3 Å². The predicted octanol–water partition coefficient (Wildman–Crippen LogP) is 3.67. The number of imide groups is 1. The maximum Gasteiger partial charge on any atom is 0.253 e. The number of carbonyl (C=O) groups is 2. The molecule has 28 heavy (non-hydrogen) atoms. The lowest BCUT2D eigenvalue weighted by molar-refractivity contribution is -0.126. The van der Waals surface area contributed by atoms with Gasteiger partial charge < -0.3 is 0 Å². The van der Waals surface area contributed by atoms with Crippen molar-refractivity contribution in [3.05, 3.63) is 63.9 Å². The molecule has 0 aliphatic carbocycles. The van der Waals surface area contributed by atoms with Crippen LogP contribution in [0.25, 0.3) is 0 Å². The van der Waals surface area contributed by atoms with Gasteiger partial charge in [0.1, 0.15) is 11.9 Å². The lowest BCUT2D eigenvalue weighted by Crippen LogP contribution is -2.44. The maximum atomic E-state index is 13.4. The van der Waals surface area contributed by atoms with Crippen molar-refractivity contribution < 1.29 is 14.0 Å². The van der Waals surface area contributed by atoms with Crippen LogP contribution in [-0.4, -0.2) is 41.0 Å². The summed E-state index contributed by atoms with van der Waals surface area (Å²) in [5, 5.41) is 4.73. The molecule has 144 valence electrons. The van der Waals surface area contributed by atoms with Crippen LogP contribution in [0.4, 0.5) is 10.1 Å². The molecule has 3 heterocycles. The number of nitrogens with zero attached hydrogens (tertiary/aromatic N) is 3. The number of halogens is 3. The molecule has 2 amide bonds. The molecule has 3 saturated heterocycles. The summed E-state index contributed by atoms with van der Waals surface area (Å²) < 4.78 is 13.4. The Morgan fingerprint density at radius 3 is 2.21 bits per heavy atom. The van der Waals surface area contributed by atoms with E-state index in [1.54, 1.807) is 24.3 Å². The Bertz CT molecular complexity index is 984. The lowest BCUT2D eigenvalue weighted by Gasteiger charge is -2.29. The second-order valence-corrected chi connectivity index (χ2v) is 8.07. The fourth-order valence-electron chi connectivity index (χ4n) is 4.65. The van der Waals surface area contributed by atoms with Crippen molar-refractivity contribution in [2.75, 3.05) is 18.0 Å². The van der Waals surface area contributed by atoms with E-state index in [9.17, 15) is 14.0 Å². The van der Waals surface area contributed by atoms with Crippen LogP contribution >= 0.6 is 23.2 Å². The highest BCUT2D eigenvalue weighted by Crippen LogP contribution is 2.49. The zero-order valence-corrected chi connectivity index (χ0v) is 16.2. The smallest absolute Gasteiger partial charge is 0.253 e. The van der Waals surface area contributed by atoms with Gasteiger partial charge in [0.25, 0.3) is 5.91 Å². The average molecular weight is 420 g/mol. The maximum absolute atomic E-state index is 13.4. The number of hydrazine groups is 1. The Balaban J connectivity index is 1.58. The number of rotatable bonds is 2. The summed E-state index contributed by atoms with van der Waals surface area (Å²) in [6, 6.07) is 10.1. The van der Waals surface area contributed by atoms with E-state index in [2.05, 4.69) is 5.01 Å². The highest BCUT2D eigenvalue weighted by Gasteiger charge is 2.62. The molecule has 0 bridgehead atoms. The Labute approximate surface area is 171 Å². The number of anilines is 1. The molecular formula is C20H16Cl2FN3O2. The first-order valence-electron chi connectivity index (χ1n) is 9.09. The summed E-state index contributed by atoms with van der Waals surface area (Å²) in [6.07, 6.45) is 0.912. The summed E-state index contributed by atoms with van der Waals surface area (Å²) in [4.78, 5) is 27.9. The van der Waals surface area contributed by atoms with E-state index in [0.29, 0.717) is 17.3 Å². The summed E-state index contributed by atoms with van der Waals surface area (Å²) in [5.74, 6) is -1.41. The van der Waals surface area contributed by atoms with Gasteiger partial charge in [-0.3, -0.25) is 9.59 Å². The topological polar surface area (TPSA) is 43.9 Å².